The van der Waals surface area contributed by atoms with Gasteiger partial charge in [-0.05, 0) is 43.9 Å². The summed E-state index contributed by atoms with van der Waals surface area (Å²) in [5.74, 6) is 1.39. The molecule has 1 aliphatic carbocycles. The lowest BCUT2D eigenvalue weighted by Gasteiger charge is -2.11. The largest absolute Gasteiger partial charge is 0.484 e. The Morgan fingerprint density at radius 1 is 1.31 bits per heavy atom. The summed E-state index contributed by atoms with van der Waals surface area (Å²) in [4.78, 5) is 16.3. The number of guanidine groups is 1. The topological polar surface area (TPSA) is 84.0 Å². The zero-order valence-electron chi connectivity index (χ0n) is 15.7. The van der Waals surface area contributed by atoms with Crippen LogP contribution in [0.4, 0.5) is 0 Å². The molecule has 0 unspecified atom stereocenters. The highest BCUT2D eigenvalue weighted by Crippen LogP contribution is 2.18. The zero-order chi connectivity index (χ0) is 18.6. The Bertz CT molecular complexity index is 588. The fourth-order valence-corrected chi connectivity index (χ4v) is 2.31. The molecular formula is C19H30N4O3. The third kappa shape index (κ3) is 8.20. The maximum atomic E-state index is 11.7. The number of nitrogens with one attached hydrogen (secondary N) is 3. The van der Waals surface area contributed by atoms with E-state index in [0.717, 1.165) is 50.5 Å². The quantitative estimate of drug-likeness (QED) is 0.315. The molecule has 1 saturated carbocycles. The van der Waals surface area contributed by atoms with Crippen LogP contribution in [0.3, 0.4) is 0 Å². The van der Waals surface area contributed by atoms with Gasteiger partial charge < -0.3 is 25.4 Å². The van der Waals surface area contributed by atoms with Gasteiger partial charge in [0.25, 0.3) is 5.91 Å². The molecule has 0 spiro atoms. The van der Waals surface area contributed by atoms with Gasteiger partial charge in [-0.1, -0.05) is 12.1 Å². The molecular weight excluding hydrogens is 332 g/mol. The van der Waals surface area contributed by atoms with Crippen molar-refractivity contribution >= 4 is 11.9 Å². The number of rotatable bonds is 11. The number of carbonyl (C=O) groups excluding carboxylic acids is 1. The van der Waals surface area contributed by atoms with Gasteiger partial charge in [0.1, 0.15) is 5.75 Å². The molecule has 0 saturated heterocycles. The van der Waals surface area contributed by atoms with E-state index in [1.54, 1.807) is 7.11 Å². The van der Waals surface area contributed by atoms with E-state index < -0.39 is 0 Å². The summed E-state index contributed by atoms with van der Waals surface area (Å²) in [5.41, 5.74) is 1.03. The Balaban J connectivity index is 1.81. The van der Waals surface area contributed by atoms with Crippen LogP contribution in [0.5, 0.6) is 5.75 Å². The van der Waals surface area contributed by atoms with E-state index in [4.69, 9.17) is 9.47 Å². The Kier molecular flexibility index (Phi) is 8.75. The molecule has 0 aliphatic heterocycles. The Morgan fingerprint density at radius 2 is 2.15 bits per heavy atom. The second-order valence-corrected chi connectivity index (χ2v) is 6.25. The molecule has 0 heterocycles. The first-order chi connectivity index (χ1) is 12.7. The number of hydrogen-bond donors (Lipinski definition) is 3. The van der Waals surface area contributed by atoms with E-state index >= 15 is 0 Å². The number of nitrogens with zero attached hydrogens (tertiary/aromatic N) is 1. The van der Waals surface area contributed by atoms with Crippen LogP contribution in [-0.4, -0.2) is 51.3 Å². The van der Waals surface area contributed by atoms with Crippen molar-refractivity contribution in [3.63, 3.8) is 0 Å². The molecule has 1 amide bonds. The van der Waals surface area contributed by atoms with E-state index in [1.807, 2.05) is 31.2 Å². The third-order valence-corrected chi connectivity index (χ3v) is 3.79. The highest BCUT2D eigenvalue weighted by atomic mass is 16.5. The molecule has 0 radical (unpaired) electrons. The average molecular weight is 362 g/mol. The number of aliphatic imine (C=N–C) groups is 1. The molecule has 1 fully saturated rings. The maximum Gasteiger partial charge on any atom is 0.258 e. The van der Waals surface area contributed by atoms with E-state index in [9.17, 15) is 4.79 Å². The monoisotopic (exact) mass is 362 g/mol. The Hall–Kier alpha value is -2.28. The summed E-state index contributed by atoms with van der Waals surface area (Å²) in [5, 5.41) is 9.41. The summed E-state index contributed by atoms with van der Waals surface area (Å²) in [7, 11) is 1.70. The van der Waals surface area contributed by atoms with Gasteiger partial charge in [0.2, 0.25) is 0 Å². The van der Waals surface area contributed by atoms with Gasteiger partial charge in [0, 0.05) is 32.8 Å². The molecule has 1 aliphatic rings. The van der Waals surface area contributed by atoms with Crippen molar-refractivity contribution in [1.82, 2.24) is 16.0 Å². The van der Waals surface area contributed by atoms with Crippen molar-refractivity contribution in [2.24, 2.45) is 4.99 Å². The first-order valence-corrected chi connectivity index (χ1v) is 9.23. The van der Waals surface area contributed by atoms with Crippen molar-refractivity contribution in [2.45, 2.75) is 38.8 Å². The van der Waals surface area contributed by atoms with E-state index in [1.165, 1.54) is 0 Å². The number of benzene rings is 1. The smallest absolute Gasteiger partial charge is 0.258 e. The van der Waals surface area contributed by atoms with Gasteiger partial charge in [0.05, 0.1) is 6.54 Å². The number of hydrogen-bond acceptors (Lipinski definition) is 4. The normalized spacial score (nSPS) is 14.0. The predicted octanol–water partition coefficient (Wildman–Crippen LogP) is 1.44. The second kappa shape index (κ2) is 11.4. The molecule has 2 rings (SSSR count). The first kappa shape index (κ1) is 20.0. The molecule has 0 aromatic heterocycles. The van der Waals surface area contributed by atoms with Crippen molar-refractivity contribution in [1.29, 1.82) is 0 Å². The van der Waals surface area contributed by atoms with Crippen LogP contribution < -0.4 is 20.7 Å². The minimum Gasteiger partial charge on any atom is -0.484 e. The molecule has 0 bridgehead atoms. The lowest BCUT2D eigenvalue weighted by Crippen LogP contribution is -2.38. The first-order valence-electron chi connectivity index (χ1n) is 9.23. The summed E-state index contributed by atoms with van der Waals surface area (Å²) in [6.07, 6.45) is 3.08. The minimum atomic E-state index is -0.0642. The SMILES string of the molecule is CCNC(=NCc1cccc(OCC(=O)NC2CC2)c1)NCCCOC. The minimum absolute atomic E-state index is 0.0485. The fourth-order valence-electron chi connectivity index (χ4n) is 2.31. The second-order valence-electron chi connectivity index (χ2n) is 6.25. The predicted molar refractivity (Wildman–Crippen MR) is 102 cm³/mol. The summed E-state index contributed by atoms with van der Waals surface area (Å²) >= 11 is 0. The Morgan fingerprint density at radius 3 is 2.88 bits per heavy atom. The molecule has 144 valence electrons. The van der Waals surface area contributed by atoms with E-state index in [2.05, 4.69) is 20.9 Å². The van der Waals surface area contributed by atoms with Crippen LogP contribution in [0.1, 0.15) is 31.7 Å². The van der Waals surface area contributed by atoms with Crippen LogP contribution in [0, 0.1) is 0 Å². The molecule has 26 heavy (non-hydrogen) atoms. The van der Waals surface area contributed by atoms with Crippen molar-refractivity contribution in [2.75, 3.05) is 33.4 Å². The van der Waals surface area contributed by atoms with Gasteiger partial charge in [-0.3, -0.25) is 4.79 Å². The van der Waals surface area contributed by atoms with Crippen LogP contribution >= 0.6 is 0 Å². The summed E-state index contributed by atoms with van der Waals surface area (Å²) in [6, 6.07) is 8.04. The fraction of sp³-hybridized carbons (Fsp3) is 0.579. The number of methoxy groups -OCH3 is 1. The molecule has 0 atom stereocenters. The van der Waals surface area contributed by atoms with Gasteiger partial charge >= 0.3 is 0 Å². The van der Waals surface area contributed by atoms with Crippen molar-refractivity contribution in [3.8, 4) is 5.75 Å². The number of amides is 1. The molecule has 1 aromatic carbocycles. The van der Waals surface area contributed by atoms with Gasteiger partial charge in [-0.25, -0.2) is 4.99 Å². The van der Waals surface area contributed by atoms with Gasteiger partial charge in [-0.15, -0.1) is 0 Å². The zero-order valence-corrected chi connectivity index (χ0v) is 15.7. The number of carbonyl (C=O) groups is 1. The van der Waals surface area contributed by atoms with Crippen LogP contribution in [0.25, 0.3) is 0 Å². The highest BCUT2D eigenvalue weighted by molar-refractivity contribution is 5.79. The van der Waals surface area contributed by atoms with Crippen LogP contribution in [-0.2, 0) is 16.1 Å². The molecule has 7 nitrogen and oxygen atoms in total. The van der Waals surface area contributed by atoms with Crippen molar-refractivity contribution < 1.29 is 14.3 Å². The van der Waals surface area contributed by atoms with Crippen molar-refractivity contribution in [3.05, 3.63) is 29.8 Å². The lowest BCUT2D eigenvalue weighted by molar-refractivity contribution is -0.123. The highest BCUT2D eigenvalue weighted by Gasteiger charge is 2.23. The Labute approximate surface area is 155 Å². The average Bonchev–Trinajstić information content (AvgIpc) is 3.46. The van der Waals surface area contributed by atoms with Crippen LogP contribution in [0.15, 0.2) is 29.3 Å². The maximum absolute atomic E-state index is 11.7. The third-order valence-electron chi connectivity index (χ3n) is 3.79. The van der Waals surface area contributed by atoms with Crippen LogP contribution in [0.2, 0.25) is 0 Å². The molecule has 1 aromatic rings. The summed E-state index contributed by atoms with van der Waals surface area (Å²) in [6.45, 7) is 4.94. The van der Waals surface area contributed by atoms with Gasteiger partial charge in [-0.2, -0.15) is 0 Å². The molecule has 3 N–H and O–H groups in total. The summed E-state index contributed by atoms with van der Waals surface area (Å²) < 4.78 is 10.6. The lowest BCUT2D eigenvalue weighted by atomic mass is 10.2. The van der Waals surface area contributed by atoms with E-state index in [0.29, 0.717) is 18.3 Å². The standard InChI is InChI=1S/C19H30N4O3/c1-3-20-19(21-10-5-11-25-2)22-13-15-6-4-7-17(12-15)26-14-18(24)23-16-8-9-16/h4,6-7,12,16H,3,5,8-11,13-14H2,1-2H3,(H,23,24)(H2,20,21,22). The van der Waals surface area contributed by atoms with Gasteiger partial charge in [0.15, 0.2) is 12.6 Å². The molecule has 7 heteroatoms. The number of ether oxygens (including phenoxy) is 2. The van der Waals surface area contributed by atoms with E-state index in [-0.39, 0.29) is 12.5 Å².